The highest BCUT2D eigenvalue weighted by molar-refractivity contribution is 5.74. The number of hydrogen-bond acceptors (Lipinski definition) is 2. The molecule has 2 rings (SSSR count). The van der Waals surface area contributed by atoms with Crippen LogP contribution in [0.15, 0.2) is 18.5 Å². The molecule has 0 bridgehead atoms. The summed E-state index contributed by atoms with van der Waals surface area (Å²) >= 11 is 0. The topological polar surface area (TPSA) is 59.0 Å². The molecule has 0 unspecified atom stereocenters. The van der Waals surface area contributed by atoms with E-state index >= 15 is 0 Å². The van der Waals surface area contributed by atoms with Crippen LogP contribution in [0.4, 0.5) is 4.79 Å². The van der Waals surface area contributed by atoms with Gasteiger partial charge in [-0.3, -0.25) is 4.68 Å². The third kappa shape index (κ3) is 4.05. The maximum Gasteiger partial charge on any atom is 0.315 e. The van der Waals surface area contributed by atoms with Crippen molar-refractivity contribution in [1.82, 2.24) is 20.4 Å². The van der Waals surface area contributed by atoms with Crippen LogP contribution in [0.1, 0.15) is 32.6 Å². The second-order valence-electron chi connectivity index (χ2n) is 5.17. The zero-order valence-electron chi connectivity index (χ0n) is 10.9. The maximum absolute atomic E-state index is 11.7. The van der Waals surface area contributed by atoms with Crippen LogP contribution in [0, 0.1) is 5.92 Å². The predicted octanol–water partition coefficient (Wildman–Crippen LogP) is 1.76. The molecule has 1 aliphatic rings. The lowest BCUT2D eigenvalue weighted by Gasteiger charge is -2.16. The molecule has 5 nitrogen and oxygen atoms in total. The molecule has 100 valence electrons. The van der Waals surface area contributed by atoms with Crippen molar-refractivity contribution in [3.05, 3.63) is 18.5 Å². The van der Waals surface area contributed by atoms with Crippen molar-refractivity contribution in [2.24, 2.45) is 5.92 Å². The van der Waals surface area contributed by atoms with Gasteiger partial charge in [0.25, 0.3) is 0 Å². The van der Waals surface area contributed by atoms with Crippen molar-refractivity contribution in [2.45, 2.75) is 45.2 Å². The molecule has 18 heavy (non-hydrogen) atoms. The first-order chi connectivity index (χ1) is 8.74. The summed E-state index contributed by atoms with van der Waals surface area (Å²) in [6.07, 6.45) is 8.43. The SMILES string of the molecule is C[C@H](CNC(=O)NC1CCCC1)Cn1cccn1. The molecule has 1 aliphatic carbocycles. The van der Waals surface area contributed by atoms with Gasteiger partial charge in [0.1, 0.15) is 0 Å². The normalized spacial score (nSPS) is 17.6. The highest BCUT2D eigenvalue weighted by Crippen LogP contribution is 2.17. The minimum Gasteiger partial charge on any atom is -0.338 e. The predicted molar refractivity (Wildman–Crippen MR) is 70.2 cm³/mol. The first-order valence-electron chi connectivity index (χ1n) is 6.76. The number of hydrogen-bond donors (Lipinski definition) is 2. The summed E-state index contributed by atoms with van der Waals surface area (Å²) in [6.45, 7) is 3.62. The van der Waals surface area contributed by atoms with E-state index in [2.05, 4.69) is 22.7 Å². The molecule has 2 amide bonds. The monoisotopic (exact) mass is 250 g/mol. The summed E-state index contributed by atoms with van der Waals surface area (Å²) in [4.78, 5) is 11.7. The lowest BCUT2D eigenvalue weighted by molar-refractivity contribution is 0.234. The molecule has 5 heteroatoms. The fourth-order valence-corrected chi connectivity index (χ4v) is 2.37. The molecule has 1 fully saturated rings. The quantitative estimate of drug-likeness (QED) is 0.836. The van der Waals surface area contributed by atoms with E-state index in [1.165, 1.54) is 12.8 Å². The summed E-state index contributed by atoms with van der Waals surface area (Å²) in [5.74, 6) is 0.374. The second kappa shape index (κ2) is 6.42. The Balaban J connectivity index is 1.62. The van der Waals surface area contributed by atoms with E-state index in [1.807, 2.05) is 16.9 Å². The van der Waals surface area contributed by atoms with Gasteiger partial charge in [-0.05, 0) is 24.8 Å². The van der Waals surface area contributed by atoms with E-state index in [0.717, 1.165) is 19.4 Å². The smallest absolute Gasteiger partial charge is 0.315 e. The third-order valence-electron chi connectivity index (χ3n) is 3.36. The molecule has 1 heterocycles. The van der Waals surface area contributed by atoms with Gasteiger partial charge in [-0.1, -0.05) is 19.8 Å². The summed E-state index contributed by atoms with van der Waals surface area (Å²) in [5.41, 5.74) is 0. The average Bonchev–Trinajstić information content (AvgIpc) is 2.99. The van der Waals surface area contributed by atoms with Gasteiger partial charge in [0.2, 0.25) is 0 Å². The fraction of sp³-hybridized carbons (Fsp3) is 0.692. The Morgan fingerprint density at radius 2 is 2.28 bits per heavy atom. The number of carbonyl (C=O) groups excluding carboxylic acids is 1. The summed E-state index contributed by atoms with van der Waals surface area (Å²) in [6, 6.07) is 2.26. The van der Waals surface area contributed by atoms with E-state index in [4.69, 9.17) is 0 Å². The molecule has 0 saturated heterocycles. The number of carbonyl (C=O) groups is 1. The van der Waals surface area contributed by atoms with Gasteiger partial charge in [0, 0.05) is 31.5 Å². The standard InChI is InChI=1S/C13H22N4O/c1-11(10-17-8-4-7-15-17)9-14-13(18)16-12-5-2-3-6-12/h4,7-8,11-12H,2-3,5-6,9-10H2,1H3,(H2,14,16,18)/t11-/m1/s1. The summed E-state index contributed by atoms with van der Waals surface area (Å²) in [5, 5.41) is 10.1. The summed E-state index contributed by atoms with van der Waals surface area (Å²) < 4.78 is 1.89. The lowest BCUT2D eigenvalue weighted by atomic mass is 10.2. The van der Waals surface area contributed by atoms with Crippen LogP contribution >= 0.6 is 0 Å². The highest BCUT2D eigenvalue weighted by atomic mass is 16.2. The number of urea groups is 1. The zero-order valence-corrected chi connectivity index (χ0v) is 10.9. The van der Waals surface area contributed by atoms with Gasteiger partial charge < -0.3 is 10.6 Å². The van der Waals surface area contributed by atoms with E-state index in [9.17, 15) is 4.79 Å². The molecular formula is C13H22N4O. The van der Waals surface area contributed by atoms with Crippen LogP contribution < -0.4 is 10.6 Å². The number of aromatic nitrogens is 2. The maximum atomic E-state index is 11.7. The molecule has 0 aliphatic heterocycles. The van der Waals surface area contributed by atoms with Gasteiger partial charge in [-0.2, -0.15) is 5.10 Å². The molecule has 1 aromatic heterocycles. The number of nitrogens with one attached hydrogen (secondary N) is 2. The van der Waals surface area contributed by atoms with E-state index in [-0.39, 0.29) is 6.03 Å². The van der Waals surface area contributed by atoms with E-state index in [1.54, 1.807) is 6.20 Å². The Morgan fingerprint density at radius 1 is 1.50 bits per heavy atom. The summed E-state index contributed by atoms with van der Waals surface area (Å²) in [7, 11) is 0. The second-order valence-corrected chi connectivity index (χ2v) is 5.17. The molecule has 0 radical (unpaired) electrons. The van der Waals surface area contributed by atoms with Crippen molar-refractivity contribution < 1.29 is 4.79 Å². The van der Waals surface area contributed by atoms with Crippen molar-refractivity contribution in [2.75, 3.05) is 6.54 Å². The van der Waals surface area contributed by atoms with Crippen LogP contribution in [0.25, 0.3) is 0 Å². The van der Waals surface area contributed by atoms with E-state index in [0.29, 0.717) is 18.5 Å². The number of rotatable bonds is 5. The van der Waals surface area contributed by atoms with E-state index < -0.39 is 0 Å². The van der Waals surface area contributed by atoms with Crippen LogP contribution in [0.3, 0.4) is 0 Å². The number of nitrogens with zero attached hydrogens (tertiary/aromatic N) is 2. The van der Waals surface area contributed by atoms with Gasteiger partial charge >= 0.3 is 6.03 Å². The molecule has 1 saturated carbocycles. The van der Waals surface area contributed by atoms with Gasteiger partial charge in [-0.15, -0.1) is 0 Å². The first kappa shape index (κ1) is 12.9. The number of amides is 2. The fourth-order valence-electron chi connectivity index (χ4n) is 2.37. The molecule has 2 N–H and O–H groups in total. The minimum atomic E-state index is -0.0331. The van der Waals surface area contributed by atoms with Crippen molar-refractivity contribution in [1.29, 1.82) is 0 Å². The van der Waals surface area contributed by atoms with Gasteiger partial charge in [0.05, 0.1) is 0 Å². The Bertz CT molecular complexity index is 357. The van der Waals surface area contributed by atoms with Crippen molar-refractivity contribution in [3.63, 3.8) is 0 Å². The Hall–Kier alpha value is -1.52. The zero-order chi connectivity index (χ0) is 12.8. The molecule has 1 aromatic rings. The molecule has 0 spiro atoms. The lowest BCUT2D eigenvalue weighted by Crippen LogP contribution is -2.42. The Morgan fingerprint density at radius 3 is 2.94 bits per heavy atom. The van der Waals surface area contributed by atoms with Gasteiger partial charge in [-0.25, -0.2) is 4.79 Å². The Labute approximate surface area is 108 Å². The minimum absolute atomic E-state index is 0.0331. The van der Waals surface area contributed by atoms with Crippen molar-refractivity contribution in [3.8, 4) is 0 Å². The largest absolute Gasteiger partial charge is 0.338 e. The van der Waals surface area contributed by atoms with Crippen LogP contribution in [-0.4, -0.2) is 28.4 Å². The molecule has 0 aromatic carbocycles. The Kier molecular flexibility index (Phi) is 4.61. The average molecular weight is 250 g/mol. The molecular weight excluding hydrogens is 228 g/mol. The molecule has 1 atom stereocenters. The highest BCUT2D eigenvalue weighted by Gasteiger charge is 2.17. The van der Waals surface area contributed by atoms with Gasteiger partial charge in [0.15, 0.2) is 0 Å². The van der Waals surface area contributed by atoms with Crippen LogP contribution in [0.5, 0.6) is 0 Å². The third-order valence-corrected chi connectivity index (χ3v) is 3.36. The van der Waals surface area contributed by atoms with Crippen molar-refractivity contribution >= 4 is 6.03 Å². The van der Waals surface area contributed by atoms with Crippen LogP contribution in [0.2, 0.25) is 0 Å². The first-order valence-corrected chi connectivity index (χ1v) is 6.76. The van der Waals surface area contributed by atoms with Crippen LogP contribution in [-0.2, 0) is 6.54 Å².